The van der Waals surface area contributed by atoms with Crippen molar-refractivity contribution in [2.75, 3.05) is 23.3 Å². The molecule has 120 valence electrons. The molecule has 1 aliphatic heterocycles. The Morgan fingerprint density at radius 2 is 1.74 bits per heavy atom. The highest BCUT2D eigenvalue weighted by atomic mass is 16.3. The molecule has 0 radical (unpaired) electrons. The Hall–Kier alpha value is -2.76. The number of imide groups is 1. The van der Waals surface area contributed by atoms with E-state index in [4.69, 9.17) is 4.42 Å². The first-order valence-electron chi connectivity index (χ1n) is 7.73. The van der Waals surface area contributed by atoms with Crippen molar-refractivity contribution in [1.29, 1.82) is 0 Å². The van der Waals surface area contributed by atoms with Crippen LogP contribution in [0.2, 0.25) is 0 Å². The topological polar surface area (TPSA) is 74.6 Å². The van der Waals surface area contributed by atoms with Crippen LogP contribution in [0.15, 0.2) is 47.1 Å². The standard InChI is InChI=1S/C17H19N3O3/c21-16(15-5-4-12-23-15)19-17(22)18-13-6-8-14(9-7-13)20-10-2-1-3-11-20/h4-9,12H,1-3,10-11H2,(H2,18,19,21,22). The fraction of sp³-hybridized carbons (Fsp3) is 0.294. The highest BCUT2D eigenvalue weighted by Gasteiger charge is 2.13. The van der Waals surface area contributed by atoms with Crippen molar-refractivity contribution in [3.05, 3.63) is 48.4 Å². The van der Waals surface area contributed by atoms with Crippen molar-refractivity contribution in [2.24, 2.45) is 0 Å². The molecule has 1 aromatic carbocycles. The molecule has 1 aliphatic rings. The molecule has 0 saturated carbocycles. The molecule has 0 atom stereocenters. The molecule has 2 N–H and O–H groups in total. The van der Waals surface area contributed by atoms with Crippen molar-refractivity contribution in [3.8, 4) is 0 Å². The summed E-state index contributed by atoms with van der Waals surface area (Å²) in [5.74, 6) is -0.474. The first-order valence-corrected chi connectivity index (χ1v) is 7.73. The normalized spacial score (nSPS) is 14.3. The highest BCUT2D eigenvalue weighted by molar-refractivity contribution is 6.06. The van der Waals surface area contributed by atoms with Crippen LogP contribution in [0.5, 0.6) is 0 Å². The zero-order chi connectivity index (χ0) is 16.1. The molecule has 1 aromatic heterocycles. The average molecular weight is 313 g/mol. The fourth-order valence-electron chi connectivity index (χ4n) is 2.64. The number of carbonyl (C=O) groups is 2. The Morgan fingerprint density at radius 3 is 2.39 bits per heavy atom. The third-order valence-electron chi connectivity index (χ3n) is 3.82. The van der Waals surface area contributed by atoms with Gasteiger partial charge >= 0.3 is 6.03 Å². The Morgan fingerprint density at radius 1 is 1.00 bits per heavy atom. The summed E-state index contributed by atoms with van der Waals surface area (Å²) >= 11 is 0. The van der Waals surface area contributed by atoms with E-state index in [1.807, 2.05) is 24.3 Å². The molecular formula is C17H19N3O3. The Balaban J connectivity index is 1.55. The van der Waals surface area contributed by atoms with E-state index in [1.165, 1.54) is 31.6 Å². The summed E-state index contributed by atoms with van der Waals surface area (Å²) in [7, 11) is 0. The molecule has 2 heterocycles. The summed E-state index contributed by atoms with van der Waals surface area (Å²) in [6.07, 6.45) is 5.11. The average Bonchev–Trinajstić information content (AvgIpc) is 3.11. The van der Waals surface area contributed by atoms with Gasteiger partial charge in [0, 0.05) is 24.5 Å². The number of nitrogens with one attached hydrogen (secondary N) is 2. The predicted molar refractivity (Wildman–Crippen MR) is 87.7 cm³/mol. The van der Waals surface area contributed by atoms with Crippen LogP contribution < -0.4 is 15.5 Å². The summed E-state index contributed by atoms with van der Waals surface area (Å²) in [6, 6.07) is 10.1. The molecule has 3 rings (SSSR count). The lowest BCUT2D eigenvalue weighted by Gasteiger charge is -2.28. The second-order valence-electron chi connectivity index (χ2n) is 5.48. The first-order chi connectivity index (χ1) is 11.2. The lowest BCUT2D eigenvalue weighted by molar-refractivity contribution is 0.0940. The van der Waals surface area contributed by atoms with Crippen molar-refractivity contribution in [1.82, 2.24) is 5.32 Å². The van der Waals surface area contributed by atoms with E-state index in [1.54, 1.807) is 6.07 Å². The van der Waals surface area contributed by atoms with Crippen molar-refractivity contribution < 1.29 is 14.0 Å². The number of nitrogens with zero attached hydrogens (tertiary/aromatic N) is 1. The number of amides is 3. The predicted octanol–water partition coefficient (Wildman–Crippen LogP) is 3.23. The van der Waals surface area contributed by atoms with E-state index in [2.05, 4.69) is 15.5 Å². The molecule has 23 heavy (non-hydrogen) atoms. The molecule has 2 aromatic rings. The largest absolute Gasteiger partial charge is 0.459 e. The summed E-state index contributed by atoms with van der Waals surface area (Å²) in [5, 5.41) is 4.85. The number of piperidine rings is 1. The maximum atomic E-state index is 11.8. The Labute approximate surface area is 134 Å². The molecular weight excluding hydrogens is 294 g/mol. The van der Waals surface area contributed by atoms with Gasteiger partial charge in [0.2, 0.25) is 0 Å². The van der Waals surface area contributed by atoms with Crippen molar-refractivity contribution >= 4 is 23.3 Å². The van der Waals surface area contributed by atoms with Crippen LogP contribution in [-0.4, -0.2) is 25.0 Å². The van der Waals surface area contributed by atoms with Crippen LogP contribution in [0.25, 0.3) is 0 Å². The Kier molecular flexibility index (Phi) is 4.61. The van der Waals surface area contributed by atoms with Gasteiger partial charge in [0.15, 0.2) is 5.76 Å². The number of anilines is 2. The quantitative estimate of drug-likeness (QED) is 0.912. The minimum atomic E-state index is -0.586. The highest BCUT2D eigenvalue weighted by Crippen LogP contribution is 2.21. The van der Waals surface area contributed by atoms with Crippen molar-refractivity contribution in [3.63, 3.8) is 0 Å². The van der Waals surface area contributed by atoms with Crippen LogP contribution in [-0.2, 0) is 0 Å². The molecule has 0 unspecified atom stereocenters. The molecule has 0 aliphatic carbocycles. The van der Waals surface area contributed by atoms with E-state index in [0.717, 1.165) is 18.8 Å². The zero-order valence-electron chi connectivity index (χ0n) is 12.7. The Bertz CT molecular complexity index is 659. The van der Waals surface area contributed by atoms with E-state index in [9.17, 15) is 9.59 Å². The van der Waals surface area contributed by atoms with Gasteiger partial charge in [-0.25, -0.2) is 4.79 Å². The van der Waals surface area contributed by atoms with Gasteiger partial charge in [0.25, 0.3) is 5.91 Å². The lowest BCUT2D eigenvalue weighted by atomic mass is 10.1. The van der Waals surface area contributed by atoms with Crippen LogP contribution in [0.1, 0.15) is 29.8 Å². The van der Waals surface area contributed by atoms with Crippen LogP contribution >= 0.6 is 0 Å². The van der Waals surface area contributed by atoms with Gasteiger partial charge in [-0.2, -0.15) is 0 Å². The maximum absolute atomic E-state index is 11.8. The molecule has 3 amide bonds. The van der Waals surface area contributed by atoms with E-state index < -0.39 is 11.9 Å². The van der Waals surface area contributed by atoms with E-state index in [-0.39, 0.29) is 5.76 Å². The van der Waals surface area contributed by atoms with Gasteiger partial charge in [-0.05, 0) is 55.7 Å². The third-order valence-corrected chi connectivity index (χ3v) is 3.82. The van der Waals surface area contributed by atoms with Gasteiger partial charge in [-0.1, -0.05) is 0 Å². The number of benzene rings is 1. The van der Waals surface area contributed by atoms with Crippen molar-refractivity contribution in [2.45, 2.75) is 19.3 Å². The third kappa shape index (κ3) is 3.91. The van der Waals surface area contributed by atoms with Gasteiger partial charge < -0.3 is 14.6 Å². The van der Waals surface area contributed by atoms with Crippen LogP contribution in [0, 0.1) is 0 Å². The molecule has 0 spiro atoms. The molecule has 1 saturated heterocycles. The summed E-state index contributed by atoms with van der Waals surface area (Å²) in [6.45, 7) is 2.15. The molecule has 6 nitrogen and oxygen atoms in total. The minimum Gasteiger partial charge on any atom is -0.459 e. The van der Waals surface area contributed by atoms with Gasteiger partial charge in [0.05, 0.1) is 6.26 Å². The zero-order valence-corrected chi connectivity index (χ0v) is 12.7. The number of hydrogen-bond acceptors (Lipinski definition) is 4. The second kappa shape index (κ2) is 7.00. The summed E-state index contributed by atoms with van der Waals surface area (Å²) < 4.78 is 4.93. The molecule has 1 fully saturated rings. The first kappa shape index (κ1) is 15.1. The summed E-state index contributed by atoms with van der Waals surface area (Å²) in [5.41, 5.74) is 1.79. The SMILES string of the molecule is O=C(NC(=O)c1ccco1)Nc1ccc(N2CCCCC2)cc1. The second-order valence-corrected chi connectivity index (χ2v) is 5.48. The number of furan rings is 1. The van der Waals surface area contributed by atoms with Crippen LogP contribution in [0.4, 0.5) is 16.2 Å². The monoisotopic (exact) mass is 313 g/mol. The van der Waals surface area contributed by atoms with Gasteiger partial charge in [-0.3, -0.25) is 10.1 Å². The number of carbonyl (C=O) groups excluding carboxylic acids is 2. The van der Waals surface area contributed by atoms with Gasteiger partial charge in [-0.15, -0.1) is 0 Å². The maximum Gasteiger partial charge on any atom is 0.326 e. The number of hydrogen-bond donors (Lipinski definition) is 2. The smallest absolute Gasteiger partial charge is 0.326 e. The lowest BCUT2D eigenvalue weighted by Crippen LogP contribution is -2.34. The van der Waals surface area contributed by atoms with Gasteiger partial charge in [0.1, 0.15) is 0 Å². The van der Waals surface area contributed by atoms with E-state index in [0.29, 0.717) is 5.69 Å². The summed E-state index contributed by atoms with van der Waals surface area (Å²) in [4.78, 5) is 25.8. The molecule has 6 heteroatoms. The fourth-order valence-corrected chi connectivity index (χ4v) is 2.64. The molecule has 0 bridgehead atoms. The number of urea groups is 1. The van der Waals surface area contributed by atoms with Crippen LogP contribution in [0.3, 0.4) is 0 Å². The number of rotatable bonds is 3. The van der Waals surface area contributed by atoms with E-state index >= 15 is 0 Å². The minimum absolute atomic E-state index is 0.0978.